The molecule has 2 N–H and O–H groups in total. The maximum Gasteiger partial charge on any atom is 0.257 e. The number of nitrogens with zero attached hydrogens (tertiary/aromatic N) is 6. The topological polar surface area (TPSA) is 106 Å². The predicted octanol–water partition coefficient (Wildman–Crippen LogP) is 4.18. The summed E-state index contributed by atoms with van der Waals surface area (Å²) in [5.41, 5.74) is 7.60. The number of hydrogen-bond acceptors (Lipinski definition) is 5. The first kappa shape index (κ1) is 25.5. The lowest BCUT2D eigenvalue weighted by molar-refractivity contribution is 0.0939. The number of carbonyl (C=O) groups is 1. The van der Waals surface area contributed by atoms with Crippen molar-refractivity contribution in [1.82, 2.24) is 34.3 Å². The number of pyridine rings is 1. The summed E-state index contributed by atoms with van der Waals surface area (Å²) in [6.45, 7) is 3.79. The molecule has 0 aliphatic heterocycles. The smallest absolute Gasteiger partial charge is 0.257 e. The third-order valence-corrected chi connectivity index (χ3v) is 7.86. The third-order valence-electron chi connectivity index (χ3n) is 7.86. The Balaban J connectivity index is 1.42. The minimum Gasteiger partial charge on any atom is -0.344 e. The molecule has 1 aliphatic carbocycles. The first-order valence-electron chi connectivity index (χ1n) is 13.9. The van der Waals surface area contributed by atoms with Gasteiger partial charge in [0.05, 0.1) is 29.2 Å². The van der Waals surface area contributed by atoms with Crippen LogP contribution in [-0.4, -0.2) is 34.9 Å². The number of amides is 1. The van der Waals surface area contributed by atoms with Crippen molar-refractivity contribution < 1.29 is 4.79 Å². The quantitative estimate of drug-likeness (QED) is 0.320. The summed E-state index contributed by atoms with van der Waals surface area (Å²) >= 11 is 0. The molecule has 1 unspecified atom stereocenters. The zero-order valence-electron chi connectivity index (χ0n) is 23.5. The standard InChI is InChI=1S/C33H28N8O/c1-20-27(32-35-16-7-17-40(32)38-20)33(42)37-21(2)30-26-15-14-23-12-13-24(11-10-22-18-36-39(3)19-22)29(28(23)26)31(34)41(30)25-8-5-4-6-9-25/h4-9,12-13,16-19,21,34H,14-15H2,1-3H3,(H,37,42). The van der Waals surface area contributed by atoms with Crippen molar-refractivity contribution >= 4 is 22.3 Å². The second-order valence-electron chi connectivity index (χ2n) is 10.6. The molecule has 0 fully saturated rings. The maximum atomic E-state index is 13.7. The molecule has 0 spiro atoms. The van der Waals surface area contributed by atoms with Crippen LogP contribution in [0.2, 0.25) is 0 Å². The molecule has 1 aliphatic rings. The second-order valence-corrected chi connectivity index (χ2v) is 10.6. The fourth-order valence-corrected chi connectivity index (χ4v) is 6.08. The van der Waals surface area contributed by atoms with Crippen LogP contribution in [-0.2, 0) is 19.9 Å². The Labute approximate surface area is 242 Å². The average Bonchev–Trinajstić information content (AvgIpc) is 3.70. The van der Waals surface area contributed by atoms with Gasteiger partial charge in [0.1, 0.15) is 11.1 Å². The van der Waals surface area contributed by atoms with Crippen molar-refractivity contribution in [3.63, 3.8) is 0 Å². The van der Waals surface area contributed by atoms with E-state index < -0.39 is 6.04 Å². The molecule has 1 atom stereocenters. The molecule has 0 bridgehead atoms. The Morgan fingerprint density at radius 2 is 1.90 bits per heavy atom. The molecule has 0 saturated heterocycles. The zero-order chi connectivity index (χ0) is 29.0. The van der Waals surface area contributed by atoms with Crippen molar-refractivity contribution in [3.05, 3.63) is 118 Å². The van der Waals surface area contributed by atoms with E-state index in [1.165, 1.54) is 5.56 Å². The predicted molar refractivity (Wildman–Crippen MR) is 159 cm³/mol. The molecule has 9 heteroatoms. The van der Waals surface area contributed by atoms with Gasteiger partial charge in [-0.15, -0.1) is 0 Å². The molecule has 0 radical (unpaired) electrons. The fourth-order valence-electron chi connectivity index (χ4n) is 6.08. The number of hydrogen-bond donors (Lipinski definition) is 2. The second kappa shape index (κ2) is 9.85. The number of carbonyl (C=O) groups excluding carboxylic acids is 1. The van der Waals surface area contributed by atoms with Crippen LogP contribution in [0.3, 0.4) is 0 Å². The van der Waals surface area contributed by atoms with Crippen molar-refractivity contribution in [1.29, 1.82) is 5.41 Å². The van der Waals surface area contributed by atoms with Crippen LogP contribution in [0.25, 0.3) is 22.1 Å². The van der Waals surface area contributed by atoms with Crippen LogP contribution in [0.4, 0.5) is 0 Å². The lowest BCUT2D eigenvalue weighted by Crippen LogP contribution is -2.33. The summed E-state index contributed by atoms with van der Waals surface area (Å²) in [4.78, 5) is 18.1. The number of para-hydroxylation sites is 1. The Morgan fingerprint density at radius 1 is 1.07 bits per heavy atom. The van der Waals surface area contributed by atoms with Gasteiger partial charge in [0.25, 0.3) is 5.91 Å². The molecule has 4 heterocycles. The van der Waals surface area contributed by atoms with E-state index in [9.17, 15) is 10.2 Å². The van der Waals surface area contributed by atoms with Gasteiger partial charge in [-0.1, -0.05) is 36.1 Å². The van der Waals surface area contributed by atoms with Crippen LogP contribution in [0.1, 0.15) is 57.0 Å². The average molecular weight is 553 g/mol. The molecule has 9 nitrogen and oxygen atoms in total. The van der Waals surface area contributed by atoms with Crippen molar-refractivity contribution in [3.8, 4) is 17.5 Å². The van der Waals surface area contributed by atoms with Crippen LogP contribution >= 0.6 is 0 Å². The first-order chi connectivity index (χ1) is 20.4. The number of benzene rings is 2. The van der Waals surface area contributed by atoms with Gasteiger partial charge in [0.2, 0.25) is 0 Å². The Kier molecular flexibility index (Phi) is 5.98. The molecule has 1 amide bonds. The first-order valence-corrected chi connectivity index (χ1v) is 13.9. The third kappa shape index (κ3) is 4.08. The Morgan fingerprint density at radius 3 is 2.69 bits per heavy atom. The van der Waals surface area contributed by atoms with Gasteiger partial charge in [0, 0.05) is 42.3 Å². The van der Waals surface area contributed by atoms with Crippen molar-refractivity contribution in [2.75, 3.05) is 0 Å². The summed E-state index contributed by atoms with van der Waals surface area (Å²) in [6.07, 6.45) is 8.74. The summed E-state index contributed by atoms with van der Waals surface area (Å²) in [5, 5.41) is 23.4. The monoisotopic (exact) mass is 552 g/mol. The van der Waals surface area contributed by atoms with Crippen LogP contribution in [0.15, 0.2) is 73.3 Å². The molecular formula is C33H28N8O. The van der Waals surface area contributed by atoms with Gasteiger partial charge in [0.15, 0.2) is 5.65 Å². The largest absolute Gasteiger partial charge is 0.344 e. The number of nitrogens with one attached hydrogen (secondary N) is 2. The number of rotatable bonds is 4. The summed E-state index contributed by atoms with van der Waals surface area (Å²) < 4.78 is 5.31. The number of fused-ring (bicyclic) bond motifs is 1. The molecule has 42 heavy (non-hydrogen) atoms. The summed E-state index contributed by atoms with van der Waals surface area (Å²) in [6, 6.07) is 15.4. The van der Waals surface area contributed by atoms with Crippen molar-refractivity contribution in [2.45, 2.75) is 32.7 Å². The van der Waals surface area contributed by atoms with Gasteiger partial charge in [-0.05, 0) is 67.5 Å². The molecule has 0 saturated carbocycles. The van der Waals surface area contributed by atoms with E-state index in [4.69, 9.17) is 0 Å². The highest BCUT2D eigenvalue weighted by molar-refractivity contribution is 6.01. The van der Waals surface area contributed by atoms with E-state index in [1.54, 1.807) is 33.9 Å². The van der Waals surface area contributed by atoms with E-state index in [-0.39, 0.29) is 5.91 Å². The SMILES string of the molecule is Cc1nn2cccnc2c1C(=O)NC(C)c1c2c3c(ccc(C#Cc4cnn(C)c4)c3c(=N)n1-c1ccccc1)CC2. The van der Waals surface area contributed by atoms with E-state index >= 15 is 0 Å². The van der Waals surface area contributed by atoms with Crippen LogP contribution < -0.4 is 10.8 Å². The van der Waals surface area contributed by atoms with Crippen LogP contribution in [0, 0.1) is 24.2 Å². The lowest BCUT2D eigenvalue weighted by Gasteiger charge is -2.25. The Bertz CT molecular complexity index is 2160. The maximum absolute atomic E-state index is 13.7. The molecule has 4 aromatic heterocycles. The van der Waals surface area contributed by atoms with E-state index in [0.29, 0.717) is 22.4 Å². The normalized spacial score (nSPS) is 12.8. The summed E-state index contributed by atoms with van der Waals surface area (Å²) in [5.74, 6) is 6.29. The molecule has 6 aromatic rings. The molecule has 2 aromatic carbocycles. The number of aromatic nitrogens is 6. The van der Waals surface area contributed by atoms with E-state index in [0.717, 1.165) is 51.7 Å². The molecular weight excluding hydrogens is 524 g/mol. The highest BCUT2D eigenvalue weighted by Gasteiger charge is 2.29. The van der Waals surface area contributed by atoms with Gasteiger partial charge in [-0.2, -0.15) is 10.2 Å². The van der Waals surface area contributed by atoms with Gasteiger partial charge in [-0.3, -0.25) is 19.5 Å². The zero-order valence-corrected chi connectivity index (χ0v) is 23.5. The highest BCUT2D eigenvalue weighted by Crippen LogP contribution is 2.36. The lowest BCUT2D eigenvalue weighted by atomic mass is 9.97. The van der Waals surface area contributed by atoms with Gasteiger partial charge in [-0.25, -0.2) is 9.50 Å². The van der Waals surface area contributed by atoms with E-state index in [2.05, 4.69) is 38.4 Å². The molecule has 7 rings (SSSR count). The van der Waals surface area contributed by atoms with Gasteiger partial charge < -0.3 is 5.32 Å². The van der Waals surface area contributed by atoms with Gasteiger partial charge >= 0.3 is 0 Å². The van der Waals surface area contributed by atoms with E-state index in [1.807, 2.05) is 68.1 Å². The number of aryl methyl sites for hydroxylation is 4. The minimum absolute atomic E-state index is 0.249. The van der Waals surface area contributed by atoms with Crippen molar-refractivity contribution in [2.24, 2.45) is 7.05 Å². The Hall–Kier alpha value is -5.49. The van der Waals surface area contributed by atoms with Crippen LogP contribution in [0.5, 0.6) is 0 Å². The fraction of sp³-hybridized carbons (Fsp3) is 0.182. The molecule has 206 valence electrons. The minimum atomic E-state index is -0.407. The summed E-state index contributed by atoms with van der Waals surface area (Å²) in [7, 11) is 1.86. The highest BCUT2D eigenvalue weighted by atomic mass is 16.1.